The zero-order chi connectivity index (χ0) is 14.8. The van der Waals surface area contributed by atoms with Gasteiger partial charge in [-0.1, -0.05) is 33.6 Å². The molecule has 1 unspecified atom stereocenters. The van der Waals surface area contributed by atoms with Gasteiger partial charge < -0.3 is 9.88 Å². The minimum absolute atomic E-state index is 0.276. The minimum atomic E-state index is 0.276. The van der Waals surface area contributed by atoms with Crippen molar-refractivity contribution in [3.05, 3.63) is 51.5 Å². The zero-order valence-electron chi connectivity index (χ0n) is 11.9. The normalized spacial score (nSPS) is 19.9. The molecule has 1 aromatic carbocycles. The summed E-state index contributed by atoms with van der Waals surface area (Å²) in [6.07, 6.45) is 3.85. The quantitative estimate of drug-likeness (QED) is 0.903. The molecule has 1 aromatic heterocycles. The van der Waals surface area contributed by atoms with Crippen LogP contribution in [0.1, 0.15) is 17.4 Å². The first-order valence-corrected chi connectivity index (χ1v) is 8.18. The van der Waals surface area contributed by atoms with Crippen LogP contribution >= 0.6 is 27.5 Å². The summed E-state index contributed by atoms with van der Waals surface area (Å²) < 4.78 is 3.10. The summed E-state index contributed by atoms with van der Waals surface area (Å²) in [6.45, 7) is 3.74. The monoisotopic (exact) mass is 368 g/mol. The first kappa shape index (κ1) is 15.0. The summed E-state index contributed by atoms with van der Waals surface area (Å²) in [7, 11) is 2.04. The van der Waals surface area contributed by atoms with Gasteiger partial charge in [0.1, 0.15) is 5.82 Å². The Morgan fingerprint density at radius 3 is 3.05 bits per heavy atom. The van der Waals surface area contributed by atoms with Crippen LogP contribution < -0.4 is 5.32 Å². The Bertz CT molecular complexity index is 628. The van der Waals surface area contributed by atoms with Crippen molar-refractivity contribution in [3.63, 3.8) is 0 Å². The maximum Gasteiger partial charge on any atom is 0.127 e. The lowest BCUT2D eigenvalue weighted by atomic mass is 10.1. The van der Waals surface area contributed by atoms with Crippen molar-refractivity contribution >= 4 is 27.5 Å². The molecule has 0 aliphatic carbocycles. The molecule has 3 rings (SSSR count). The smallest absolute Gasteiger partial charge is 0.127 e. The van der Waals surface area contributed by atoms with Crippen molar-refractivity contribution in [2.45, 2.75) is 12.6 Å². The van der Waals surface area contributed by atoms with Crippen LogP contribution in [0, 0.1) is 0 Å². The fourth-order valence-corrected chi connectivity index (χ4v) is 3.49. The molecule has 0 amide bonds. The van der Waals surface area contributed by atoms with Gasteiger partial charge in [-0.2, -0.15) is 0 Å². The van der Waals surface area contributed by atoms with E-state index in [9.17, 15) is 0 Å². The maximum atomic E-state index is 6.36. The molecule has 112 valence electrons. The predicted molar refractivity (Wildman–Crippen MR) is 88.4 cm³/mol. The van der Waals surface area contributed by atoms with E-state index in [0.29, 0.717) is 0 Å². The number of benzene rings is 1. The van der Waals surface area contributed by atoms with Gasteiger partial charge in [0.05, 0.1) is 6.04 Å². The van der Waals surface area contributed by atoms with E-state index in [-0.39, 0.29) is 6.04 Å². The molecule has 1 aliphatic rings. The molecule has 21 heavy (non-hydrogen) atoms. The van der Waals surface area contributed by atoms with E-state index in [1.54, 1.807) is 0 Å². The van der Waals surface area contributed by atoms with Gasteiger partial charge in [0, 0.05) is 55.1 Å². The molecule has 1 atom stereocenters. The molecular weight excluding hydrogens is 352 g/mol. The number of aryl methyl sites for hydroxylation is 1. The van der Waals surface area contributed by atoms with Crippen molar-refractivity contribution in [1.82, 2.24) is 19.8 Å². The van der Waals surface area contributed by atoms with Crippen LogP contribution in [0.2, 0.25) is 5.02 Å². The Balaban J connectivity index is 1.83. The lowest BCUT2D eigenvalue weighted by Crippen LogP contribution is -2.46. The van der Waals surface area contributed by atoms with E-state index in [1.165, 1.54) is 0 Å². The van der Waals surface area contributed by atoms with Crippen LogP contribution in [0.4, 0.5) is 0 Å². The predicted octanol–water partition coefficient (Wildman–Crippen LogP) is 2.98. The highest BCUT2D eigenvalue weighted by Crippen LogP contribution is 2.27. The van der Waals surface area contributed by atoms with Gasteiger partial charge in [0.25, 0.3) is 0 Å². The number of nitrogens with zero attached hydrogens (tertiary/aromatic N) is 3. The number of nitrogens with one attached hydrogen (secondary N) is 1. The van der Waals surface area contributed by atoms with E-state index in [1.807, 2.05) is 31.6 Å². The lowest BCUT2D eigenvalue weighted by Gasteiger charge is -2.35. The fourth-order valence-electron chi connectivity index (χ4n) is 2.76. The van der Waals surface area contributed by atoms with Gasteiger partial charge in [-0.25, -0.2) is 4.98 Å². The summed E-state index contributed by atoms with van der Waals surface area (Å²) >= 11 is 9.81. The van der Waals surface area contributed by atoms with Crippen molar-refractivity contribution in [1.29, 1.82) is 0 Å². The first-order chi connectivity index (χ1) is 10.1. The summed E-state index contributed by atoms with van der Waals surface area (Å²) in [4.78, 5) is 6.95. The molecule has 6 heteroatoms. The molecule has 0 radical (unpaired) electrons. The Morgan fingerprint density at radius 2 is 2.33 bits per heavy atom. The second kappa shape index (κ2) is 6.48. The highest BCUT2D eigenvalue weighted by Gasteiger charge is 2.27. The second-order valence-corrected chi connectivity index (χ2v) is 6.65. The summed E-state index contributed by atoms with van der Waals surface area (Å²) in [5.74, 6) is 1.09. The number of hydrogen-bond donors (Lipinski definition) is 1. The SMILES string of the molecule is Cn1ccnc1C1CNCCN1Cc1ccc(Br)cc1Cl. The third-order valence-electron chi connectivity index (χ3n) is 3.90. The average Bonchev–Trinajstić information content (AvgIpc) is 2.89. The van der Waals surface area contributed by atoms with Crippen LogP contribution in [0.25, 0.3) is 0 Å². The van der Waals surface area contributed by atoms with Crippen LogP contribution in [0.3, 0.4) is 0 Å². The summed E-state index contributed by atoms with van der Waals surface area (Å²) in [6, 6.07) is 6.36. The van der Waals surface area contributed by atoms with Crippen molar-refractivity contribution in [3.8, 4) is 0 Å². The van der Waals surface area contributed by atoms with Crippen LogP contribution in [0.5, 0.6) is 0 Å². The first-order valence-electron chi connectivity index (χ1n) is 7.01. The number of rotatable bonds is 3. The summed E-state index contributed by atoms with van der Waals surface area (Å²) in [5.41, 5.74) is 1.15. The van der Waals surface area contributed by atoms with Gasteiger partial charge >= 0.3 is 0 Å². The molecule has 0 bridgehead atoms. The lowest BCUT2D eigenvalue weighted by molar-refractivity contribution is 0.145. The Hall–Kier alpha value is -0.880. The summed E-state index contributed by atoms with van der Waals surface area (Å²) in [5, 5.41) is 4.26. The topological polar surface area (TPSA) is 33.1 Å². The Morgan fingerprint density at radius 1 is 1.48 bits per heavy atom. The Labute approximate surface area is 138 Å². The molecular formula is C15H18BrClN4. The van der Waals surface area contributed by atoms with Crippen molar-refractivity contribution in [2.24, 2.45) is 7.05 Å². The van der Waals surface area contributed by atoms with Crippen molar-refractivity contribution < 1.29 is 0 Å². The molecule has 2 aromatic rings. The van der Waals surface area contributed by atoms with E-state index in [4.69, 9.17) is 11.6 Å². The van der Waals surface area contributed by atoms with Gasteiger partial charge in [0.2, 0.25) is 0 Å². The van der Waals surface area contributed by atoms with Crippen molar-refractivity contribution in [2.75, 3.05) is 19.6 Å². The van der Waals surface area contributed by atoms with Gasteiger partial charge in [0.15, 0.2) is 0 Å². The highest BCUT2D eigenvalue weighted by atomic mass is 79.9. The van der Waals surface area contributed by atoms with Gasteiger partial charge in [-0.15, -0.1) is 0 Å². The minimum Gasteiger partial charge on any atom is -0.337 e. The zero-order valence-corrected chi connectivity index (χ0v) is 14.2. The largest absolute Gasteiger partial charge is 0.337 e. The third-order valence-corrected chi connectivity index (χ3v) is 4.74. The van der Waals surface area contributed by atoms with E-state index in [0.717, 1.165) is 47.1 Å². The van der Waals surface area contributed by atoms with Crippen LogP contribution in [-0.2, 0) is 13.6 Å². The molecule has 4 nitrogen and oxygen atoms in total. The molecule has 0 saturated carbocycles. The molecule has 2 heterocycles. The molecule has 1 N–H and O–H groups in total. The van der Waals surface area contributed by atoms with Gasteiger partial charge in [-0.3, -0.25) is 4.90 Å². The average molecular weight is 370 g/mol. The number of imidazole rings is 1. The highest BCUT2D eigenvalue weighted by molar-refractivity contribution is 9.10. The number of halogens is 2. The second-order valence-electron chi connectivity index (χ2n) is 5.32. The third kappa shape index (κ3) is 3.31. The standard InChI is InChI=1S/C15H18BrClN4/c1-20-6-5-19-15(20)14-9-18-4-7-21(14)10-11-2-3-12(16)8-13(11)17/h2-3,5-6,8,14,18H,4,7,9-10H2,1H3. The van der Waals surface area contributed by atoms with Gasteiger partial charge in [-0.05, 0) is 17.7 Å². The maximum absolute atomic E-state index is 6.36. The van der Waals surface area contributed by atoms with E-state index >= 15 is 0 Å². The fraction of sp³-hybridized carbons (Fsp3) is 0.400. The van der Waals surface area contributed by atoms with E-state index < -0.39 is 0 Å². The number of aromatic nitrogens is 2. The number of piperazine rings is 1. The molecule has 1 fully saturated rings. The van der Waals surface area contributed by atoms with Crippen LogP contribution in [0.15, 0.2) is 35.1 Å². The van der Waals surface area contributed by atoms with E-state index in [2.05, 4.69) is 41.8 Å². The van der Waals surface area contributed by atoms with Crippen LogP contribution in [-0.4, -0.2) is 34.1 Å². The molecule has 1 saturated heterocycles. The molecule has 1 aliphatic heterocycles. The Kier molecular flexibility index (Phi) is 4.64. The molecule has 0 spiro atoms. The number of hydrogen-bond acceptors (Lipinski definition) is 3.